The summed E-state index contributed by atoms with van der Waals surface area (Å²) in [5, 5.41) is 0. The van der Waals surface area contributed by atoms with Crippen LogP contribution in [0.5, 0.6) is 0 Å². The zero-order valence-electron chi connectivity index (χ0n) is 10.4. The van der Waals surface area contributed by atoms with Gasteiger partial charge in [-0.1, -0.05) is 37.3 Å². The Morgan fingerprint density at radius 3 is 2.56 bits per heavy atom. The Balaban J connectivity index is 1.92. The van der Waals surface area contributed by atoms with Gasteiger partial charge in [0.1, 0.15) is 0 Å². The molecule has 1 aromatic carbocycles. The van der Waals surface area contributed by atoms with Crippen molar-refractivity contribution < 1.29 is 0 Å². The van der Waals surface area contributed by atoms with Crippen molar-refractivity contribution >= 4 is 0 Å². The first-order valence-electron chi connectivity index (χ1n) is 6.30. The SMILES string of the molecule is CCN1CCN(Cc2ccccc2)[C@H](C)C1. The first-order valence-corrected chi connectivity index (χ1v) is 6.30. The van der Waals surface area contributed by atoms with E-state index in [4.69, 9.17) is 0 Å². The van der Waals surface area contributed by atoms with Crippen molar-refractivity contribution in [1.29, 1.82) is 0 Å². The number of benzene rings is 1. The van der Waals surface area contributed by atoms with E-state index in [0.29, 0.717) is 6.04 Å². The van der Waals surface area contributed by atoms with Gasteiger partial charge < -0.3 is 4.90 Å². The molecule has 1 heterocycles. The summed E-state index contributed by atoms with van der Waals surface area (Å²) in [5.74, 6) is 0. The summed E-state index contributed by atoms with van der Waals surface area (Å²) >= 11 is 0. The van der Waals surface area contributed by atoms with Crippen LogP contribution in [-0.2, 0) is 6.54 Å². The van der Waals surface area contributed by atoms with Gasteiger partial charge in [0.2, 0.25) is 0 Å². The van der Waals surface area contributed by atoms with Gasteiger partial charge in [-0.3, -0.25) is 4.90 Å². The Morgan fingerprint density at radius 2 is 1.94 bits per heavy atom. The molecule has 0 spiro atoms. The molecule has 0 aliphatic carbocycles. The number of likely N-dealkylation sites (N-methyl/N-ethyl adjacent to an activating group) is 1. The van der Waals surface area contributed by atoms with Crippen LogP contribution in [0.2, 0.25) is 0 Å². The third-order valence-corrected chi connectivity index (χ3v) is 3.52. The third-order valence-electron chi connectivity index (χ3n) is 3.52. The molecule has 0 N–H and O–H groups in total. The van der Waals surface area contributed by atoms with Crippen molar-refractivity contribution in [2.75, 3.05) is 26.2 Å². The second kappa shape index (κ2) is 5.46. The number of hydrogen-bond donors (Lipinski definition) is 0. The van der Waals surface area contributed by atoms with Gasteiger partial charge in [-0.25, -0.2) is 0 Å². The van der Waals surface area contributed by atoms with Crippen LogP contribution in [0.15, 0.2) is 30.3 Å². The van der Waals surface area contributed by atoms with E-state index in [-0.39, 0.29) is 0 Å². The first kappa shape index (κ1) is 11.6. The van der Waals surface area contributed by atoms with Crippen molar-refractivity contribution in [3.05, 3.63) is 35.9 Å². The first-order chi connectivity index (χ1) is 7.79. The van der Waals surface area contributed by atoms with Gasteiger partial charge in [-0.05, 0) is 19.0 Å². The molecule has 0 saturated carbocycles. The number of nitrogens with zero attached hydrogens (tertiary/aromatic N) is 2. The fraction of sp³-hybridized carbons (Fsp3) is 0.571. The standard InChI is InChI=1S/C14H22N2/c1-3-15-9-10-16(13(2)11-15)12-14-7-5-4-6-8-14/h4-8,13H,3,9-12H2,1-2H3/t13-/m1/s1. The van der Waals surface area contributed by atoms with Gasteiger partial charge in [-0.2, -0.15) is 0 Å². The maximum absolute atomic E-state index is 2.58. The summed E-state index contributed by atoms with van der Waals surface area (Å²) < 4.78 is 0. The molecule has 0 amide bonds. The van der Waals surface area contributed by atoms with E-state index in [2.05, 4.69) is 54.0 Å². The van der Waals surface area contributed by atoms with Crippen molar-refractivity contribution in [3.8, 4) is 0 Å². The molecule has 0 aromatic heterocycles. The van der Waals surface area contributed by atoms with Gasteiger partial charge in [0.25, 0.3) is 0 Å². The van der Waals surface area contributed by atoms with Crippen LogP contribution < -0.4 is 0 Å². The molecule has 0 radical (unpaired) electrons. The van der Waals surface area contributed by atoms with Crippen LogP contribution >= 0.6 is 0 Å². The molecule has 2 rings (SSSR count). The molecular weight excluding hydrogens is 196 g/mol. The summed E-state index contributed by atoms with van der Waals surface area (Å²) in [4.78, 5) is 5.12. The largest absolute Gasteiger partial charge is 0.301 e. The predicted octanol–water partition coefficient (Wildman–Crippen LogP) is 2.21. The summed E-state index contributed by atoms with van der Waals surface area (Å²) in [5.41, 5.74) is 1.43. The highest BCUT2D eigenvalue weighted by Gasteiger charge is 2.22. The van der Waals surface area contributed by atoms with Gasteiger partial charge >= 0.3 is 0 Å². The molecule has 1 aliphatic heterocycles. The lowest BCUT2D eigenvalue weighted by atomic mass is 10.1. The van der Waals surface area contributed by atoms with Crippen LogP contribution in [0.3, 0.4) is 0 Å². The molecule has 16 heavy (non-hydrogen) atoms. The van der Waals surface area contributed by atoms with Crippen molar-refractivity contribution in [2.45, 2.75) is 26.4 Å². The zero-order chi connectivity index (χ0) is 11.4. The molecule has 1 fully saturated rings. The molecule has 2 nitrogen and oxygen atoms in total. The maximum atomic E-state index is 2.58. The van der Waals surface area contributed by atoms with Gasteiger partial charge in [0.05, 0.1) is 0 Å². The quantitative estimate of drug-likeness (QED) is 0.767. The summed E-state index contributed by atoms with van der Waals surface area (Å²) in [6.07, 6.45) is 0. The molecule has 1 aromatic rings. The summed E-state index contributed by atoms with van der Waals surface area (Å²) in [7, 11) is 0. The molecule has 1 aliphatic rings. The Kier molecular flexibility index (Phi) is 3.97. The topological polar surface area (TPSA) is 6.48 Å². The summed E-state index contributed by atoms with van der Waals surface area (Å²) in [6.45, 7) is 10.5. The normalized spacial score (nSPS) is 23.5. The van der Waals surface area contributed by atoms with Crippen LogP contribution in [0, 0.1) is 0 Å². The molecule has 88 valence electrons. The average Bonchev–Trinajstić information content (AvgIpc) is 2.33. The van der Waals surface area contributed by atoms with E-state index in [1.807, 2.05) is 0 Å². The average molecular weight is 218 g/mol. The van der Waals surface area contributed by atoms with Gasteiger partial charge in [-0.15, -0.1) is 0 Å². The predicted molar refractivity (Wildman–Crippen MR) is 68.4 cm³/mol. The highest BCUT2D eigenvalue weighted by molar-refractivity contribution is 5.14. The van der Waals surface area contributed by atoms with Crippen molar-refractivity contribution in [1.82, 2.24) is 9.80 Å². The Morgan fingerprint density at radius 1 is 1.19 bits per heavy atom. The van der Waals surface area contributed by atoms with E-state index in [0.717, 1.165) is 6.54 Å². The Hall–Kier alpha value is -0.860. The lowest BCUT2D eigenvalue weighted by Crippen LogP contribution is -2.51. The fourth-order valence-corrected chi connectivity index (χ4v) is 2.41. The van der Waals surface area contributed by atoms with E-state index in [1.165, 1.54) is 31.7 Å². The Bertz CT molecular complexity index is 310. The Labute approximate surface area is 98.9 Å². The molecule has 1 atom stereocenters. The number of rotatable bonds is 3. The highest BCUT2D eigenvalue weighted by atomic mass is 15.3. The van der Waals surface area contributed by atoms with Crippen LogP contribution in [-0.4, -0.2) is 42.0 Å². The second-order valence-corrected chi connectivity index (χ2v) is 4.70. The molecule has 2 heteroatoms. The van der Waals surface area contributed by atoms with E-state index in [9.17, 15) is 0 Å². The van der Waals surface area contributed by atoms with Crippen LogP contribution in [0.4, 0.5) is 0 Å². The second-order valence-electron chi connectivity index (χ2n) is 4.70. The molecular formula is C14H22N2. The third kappa shape index (κ3) is 2.83. The lowest BCUT2D eigenvalue weighted by Gasteiger charge is -2.39. The van der Waals surface area contributed by atoms with Gasteiger partial charge in [0, 0.05) is 32.2 Å². The highest BCUT2D eigenvalue weighted by Crippen LogP contribution is 2.13. The minimum atomic E-state index is 0.675. The monoisotopic (exact) mass is 218 g/mol. The number of piperazine rings is 1. The van der Waals surface area contributed by atoms with E-state index in [1.54, 1.807) is 0 Å². The van der Waals surface area contributed by atoms with Gasteiger partial charge in [0.15, 0.2) is 0 Å². The fourth-order valence-electron chi connectivity index (χ4n) is 2.41. The molecule has 1 saturated heterocycles. The van der Waals surface area contributed by atoms with E-state index >= 15 is 0 Å². The lowest BCUT2D eigenvalue weighted by molar-refractivity contribution is 0.0812. The number of hydrogen-bond acceptors (Lipinski definition) is 2. The molecule has 0 bridgehead atoms. The summed E-state index contributed by atoms with van der Waals surface area (Å²) in [6, 6.07) is 11.5. The molecule has 0 unspecified atom stereocenters. The zero-order valence-corrected chi connectivity index (χ0v) is 10.4. The smallest absolute Gasteiger partial charge is 0.0237 e. The maximum Gasteiger partial charge on any atom is 0.0237 e. The van der Waals surface area contributed by atoms with Crippen molar-refractivity contribution in [3.63, 3.8) is 0 Å². The minimum absolute atomic E-state index is 0.675. The van der Waals surface area contributed by atoms with Crippen LogP contribution in [0.1, 0.15) is 19.4 Å². The minimum Gasteiger partial charge on any atom is -0.301 e. The van der Waals surface area contributed by atoms with E-state index < -0.39 is 0 Å². The van der Waals surface area contributed by atoms with Crippen molar-refractivity contribution in [2.24, 2.45) is 0 Å². The van der Waals surface area contributed by atoms with Crippen LogP contribution in [0.25, 0.3) is 0 Å².